The molecule has 0 aliphatic heterocycles. The first-order valence-electron chi connectivity index (χ1n) is 8.36. The second-order valence-corrected chi connectivity index (χ2v) is 6.11. The third kappa shape index (κ3) is 3.72. The molecular formula is C19H23NO4. The minimum absolute atomic E-state index is 0.169. The maximum absolute atomic E-state index is 12.1. The van der Waals surface area contributed by atoms with Gasteiger partial charge in [-0.3, -0.25) is 4.79 Å². The Balaban J connectivity index is 1.69. The van der Waals surface area contributed by atoms with Gasteiger partial charge in [0.1, 0.15) is 0 Å². The summed E-state index contributed by atoms with van der Waals surface area (Å²) in [7, 11) is 1.63. The van der Waals surface area contributed by atoms with Crippen molar-refractivity contribution in [3.63, 3.8) is 0 Å². The van der Waals surface area contributed by atoms with Crippen LogP contribution in [-0.2, 0) is 0 Å². The van der Waals surface area contributed by atoms with E-state index >= 15 is 0 Å². The topological polar surface area (TPSA) is 60.7 Å². The van der Waals surface area contributed by atoms with Crippen molar-refractivity contribution in [1.82, 2.24) is 5.32 Å². The van der Waals surface area contributed by atoms with Crippen molar-refractivity contribution in [3.05, 3.63) is 47.9 Å². The van der Waals surface area contributed by atoms with Crippen LogP contribution in [0.25, 0.3) is 0 Å². The summed E-state index contributed by atoms with van der Waals surface area (Å²) >= 11 is 0. The van der Waals surface area contributed by atoms with Gasteiger partial charge in [0, 0.05) is 0 Å². The Bertz CT molecular complexity index is 675. The molecule has 1 aliphatic rings. The summed E-state index contributed by atoms with van der Waals surface area (Å²) in [5.41, 5.74) is 0.950. The quantitative estimate of drug-likeness (QED) is 0.867. The lowest BCUT2D eigenvalue weighted by molar-refractivity contribution is 0.0912. The lowest BCUT2D eigenvalue weighted by atomic mass is 10.1. The Morgan fingerprint density at radius 2 is 2.04 bits per heavy atom. The molecule has 1 aromatic carbocycles. The number of hydrogen-bond donors (Lipinski definition) is 1. The fraction of sp³-hybridized carbons (Fsp3) is 0.421. The van der Waals surface area contributed by atoms with Gasteiger partial charge in [-0.1, -0.05) is 6.07 Å². The van der Waals surface area contributed by atoms with Crippen LogP contribution in [0, 0.1) is 0 Å². The van der Waals surface area contributed by atoms with E-state index in [9.17, 15) is 4.79 Å². The van der Waals surface area contributed by atoms with Gasteiger partial charge >= 0.3 is 0 Å². The van der Waals surface area contributed by atoms with E-state index in [1.54, 1.807) is 19.2 Å². The summed E-state index contributed by atoms with van der Waals surface area (Å²) in [6.07, 6.45) is 6.40. The highest BCUT2D eigenvalue weighted by Crippen LogP contribution is 2.33. The number of hydrogen-bond acceptors (Lipinski definition) is 4. The van der Waals surface area contributed by atoms with Crippen LogP contribution in [0.15, 0.2) is 41.0 Å². The first-order valence-corrected chi connectivity index (χ1v) is 8.36. The number of benzene rings is 1. The summed E-state index contributed by atoms with van der Waals surface area (Å²) in [6, 6.07) is 8.95. The molecule has 1 N–H and O–H groups in total. The number of carbonyl (C=O) groups is 1. The zero-order valence-corrected chi connectivity index (χ0v) is 14.1. The van der Waals surface area contributed by atoms with Gasteiger partial charge < -0.3 is 19.2 Å². The van der Waals surface area contributed by atoms with Gasteiger partial charge in [0.25, 0.3) is 5.91 Å². The minimum Gasteiger partial charge on any atom is -0.493 e. The number of amides is 1. The highest BCUT2D eigenvalue weighted by molar-refractivity contribution is 5.91. The maximum Gasteiger partial charge on any atom is 0.287 e. The first-order chi connectivity index (χ1) is 11.7. The number of rotatable bonds is 6. The molecule has 1 amide bonds. The number of carbonyl (C=O) groups excluding carboxylic acids is 1. The van der Waals surface area contributed by atoms with E-state index in [1.165, 1.54) is 19.1 Å². The second-order valence-electron chi connectivity index (χ2n) is 6.11. The Labute approximate surface area is 141 Å². The van der Waals surface area contributed by atoms with Crippen molar-refractivity contribution in [2.45, 2.75) is 44.8 Å². The van der Waals surface area contributed by atoms with Crippen LogP contribution in [-0.4, -0.2) is 19.1 Å². The fourth-order valence-electron chi connectivity index (χ4n) is 3.00. The lowest BCUT2D eigenvalue weighted by Gasteiger charge is -2.19. The molecule has 0 saturated heterocycles. The van der Waals surface area contributed by atoms with Crippen LogP contribution >= 0.6 is 0 Å². The van der Waals surface area contributed by atoms with Crippen molar-refractivity contribution < 1.29 is 18.7 Å². The van der Waals surface area contributed by atoms with Crippen molar-refractivity contribution in [2.75, 3.05) is 7.11 Å². The zero-order chi connectivity index (χ0) is 16.9. The van der Waals surface area contributed by atoms with Crippen molar-refractivity contribution in [3.8, 4) is 11.5 Å². The summed E-state index contributed by atoms with van der Waals surface area (Å²) < 4.78 is 16.6. The molecule has 3 rings (SSSR count). The molecule has 2 aromatic rings. The van der Waals surface area contributed by atoms with Crippen molar-refractivity contribution >= 4 is 5.91 Å². The lowest BCUT2D eigenvalue weighted by Crippen LogP contribution is -2.26. The molecule has 5 heteroatoms. The van der Waals surface area contributed by atoms with Crippen LogP contribution < -0.4 is 14.8 Å². The summed E-state index contributed by atoms with van der Waals surface area (Å²) in [5, 5.41) is 2.91. The first kappa shape index (κ1) is 16.4. The van der Waals surface area contributed by atoms with Gasteiger partial charge in [0.05, 0.1) is 25.5 Å². The van der Waals surface area contributed by atoms with E-state index in [-0.39, 0.29) is 18.1 Å². The number of nitrogens with one attached hydrogen (secondary N) is 1. The number of methoxy groups -OCH3 is 1. The second kappa shape index (κ2) is 7.43. The molecule has 1 aromatic heterocycles. The Hall–Kier alpha value is -2.43. The highest BCUT2D eigenvalue weighted by Gasteiger charge is 2.20. The van der Waals surface area contributed by atoms with E-state index < -0.39 is 0 Å². The molecule has 24 heavy (non-hydrogen) atoms. The van der Waals surface area contributed by atoms with E-state index in [1.807, 2.05) is 25.1 Å². The van der Waals surface area contributed by atoms with Gasteiger partial charge in [-0.25, -0.2) is 0 Å². The Kier molecular flexibility index (Phi) is 5.08. The molecule has 0 spiro atoms. The molecule has 128 valence electrons. The molecule has 1 saturated carbocycles. The molecule has 1 unspecified atom stereocenters. The van der Waals surface area contributed by atoms with E-state index in [0.29, 0.717) is 11.5 Å². The average molecular weight is 329 g/mol. The summed E-state index contributed by atoms with van der Waals surface area (Å²) in [6.45, 7) is 1.92. The Morgan fingerprint density at radius 3 is 2.71 bits per heavy atom. The van der Waals surface area contributed by atoms with Crippen molar-refractivity contribution in [2.24, 2.45) is 0 Å². The smallest absolute Gasteiger partial charge is 0.287 e. The molecule has 1 fully saturated rings. The summed E-state index contributed by atoms with van der Waals surface area (Å²) in [4.78, 5) is 12.1. The minimum atomic E-state index is -0.238. The third-order valence-corrected chi connectivity index (χ3v) is 4.38. The van der Waals surface area contributed by atoms with E-state index in [2.05, 4.69) is 5.32 Å². The van der Waals surface area contributed by atoms with Crippen LogP contribution in [0.1, 0.15) is 54.8 Å². The molecule has 5 nitrogen and oxygen atoms in total. The summed E-state index contributed by atoms with van der Waals surface area (Å²) in [5.74, 6) is 1.52. The van der Waals surface area contributed by atoms with Gasteiger partial charge in [-0.15, -0.1) is 0 Å². The molecule has 0 bridgehead atoms. The third-order valence-electron chi connectivity index (χ3n) is 4.38. The SMILES string of the molecule is COc1cc(C(C)NC(=O)c2ccco2)ccc1OC1CCCC1. The molecular weight excluding hydrogens is 306 g/mol. The van der Waals surface area contributed by atoms with Crippen LogP contribution in [0.3, 0.4) is 0 Å². The van der Waals surface area contributed by atoms with Gasteiger partial charge in [0.15, 0.2) is 17.3 Å². The number of ether oxygens (including phenoxy) is 2. The van der Waals surface area contributed by atoms with Gasteiger partial charge in [-0.2, -0.15) is 0 Å². The normalized spacial score (nSPS) is 15.9. The van der Waals surface area contributed by atoms with Crippen molar-refractivity contribution in [1.29, 1.82) is 0 Å². The molecule has 0 radical (unpaired) electrons. The predicted octanol–water partition coefficient (Wildman–Crippen LogP) is 4.10. The van der Waals surface area contributed by atoms with Gasteiger partial charge in [0.2, 0.25) is 0 Å². The predicted molar refractivity (Wildman–Crippen MR) is 90.5 cm³/mol. The molecule has 1 heterocycles. The monoisotopic (exact) mass is 329 g/mol. The van der Waals surface area contributed by atoms with E-state index in [4.69, 9.17) is 13.9 Å². The Morgan fingerprint density at radius 1 is 1.25 bits per heavy atom. The largest absolute Gasteiger partial charge is 0.493 e. The van der Waals surface area contributed by atoms with Gasteiger partial charge in [-0.05, 0) is 62.4 Å². The fourth-order valence-corrected chi connectivity index (χ4v) is 3.00. The standard InChI is InChI=1S/C19H23NO4/c1-13(20-19(21)17-8-5-11-23-17)14-9-10-16(18(12-14)22-2)24-15-6-3-4-7-15/h5,8-13,15H,3-4,6-7H2,1-2H3,(H,20,21). The number of furan rings is 1. The van der Waals surface area contributed by atoms with Crippen LogP contribution in [0.2, 0.25) is 0 Å². The average Bonchev–Trinajstić information content (AvgIpc) is 3.28. The zero-order valence-electron chi connectivity index (χ0n) is 14.1. The van der Waals surface area contributed by atoms with E-state index in [0.717, 1.165) is 24.2 Å². The molecule has 1 aliphatic carbocycles. The van der Waals surface area contributed by atoms with Crippen LogP contribution in [0.5, 0.6) is 11.5 Å². The molecule has 1 atom stereocenters. The van der Waals surface area contributed by atoms with Crippen LogP contribution in [0.4, 0.5) is 0 Å². The highest BCUT2D eigenvalue weighted by atomic mass is 16.5. The maximum atomic E-state index is 12.1.